The van der Waals surface area contributed by atoms with E-state index < -0.39 is 12.3 Å². The van der Waals surface area contributed by atoms with Crippen LogP contribution in [0.15, 0.2) is 30.0 Å². The number of allylic oxidation sites excluding steroid dienone is 1. The van der Waals surface area contributed by atoms with Crippen molar-refractivity contribution < 1.29 is 34.0 Å². The monoisotopic (exact) mass is 350 g/mol. The van der Waals surface area contributed by atoms with E-state index >= 15 is 0 Å². The number of hydrogen-bond acceptors (Lipinski definition) is 6. The number of hydrogen-bond donors (Lipinski definition) is 2. The normalized spacial score (nSPS) is 24.6. The Kier molecular flexibility index (Phi) is 5.45. The minimum Gasteiger partial charge on any atom is -0.475 e. The first-order valence-corrected chi connectivity index (χ1v) is 8.37. The third kappa shape index (κ3) is 3.72. The van der Waals surface area contributed by atoms with Crippen molar-refractivity contribution in [3.05, 3.63) is 35.6 Å². The van der Waals surface area contributed by atoms with Crippen LogP contribution in [0.1, 0.15) is 31.2 Å². The van der Waals surface area contributed by atoms with E-state index in [4.69, 9.17) is 18.9 Å². The topological polar surface area (TPSA) is 94.5 Å². The summed E-state index contributed by atoms with van der Waals surface area (Å²) in [5, 5.41) is 18.6. The number of aliphatic hydroxyl groups is 1. The van der Waals surface area contributed by atoms with E-state index in [0.717, 1.165) is 5.56 Å². The molecule has 0 radical (unpaired) electrons. The Morgan fingerprint density at radius 2 is 2.12 bits per heavy atom. The van der Waals surface area contributed by atoms with Gasteiger partial charge in [-0.3, -0.25) is 0 Å². The maximum absolute atomic E-state index is 11.5. The summed E-state index contributed by atoms with van der Waals surface area (Å²) >= 11 is 0. The molecule has 2 aliphatic heterocycles. The van der Waals surface area contributed by atoms with E-state index in [1.807, 2.05) is 25.1 Å². The molecule has 2 N–H and O–H groups in total. The van der Waals surface area contributed by atoms with Crippen molar-refractivity contribution in [1.82, 2.24) is 0 Å². The molecular weight excluding hydrogens is 328 g/mol. The summed E-state index contributed by atoms with van der Waals surface area (Å²) in [5.41, 5.74) is 0.902. The highest BCUT2D eigenvalue weighted by Gasteiger charge is 2.38. The average Bonchev–Trinajstić information content (AvgIpc) is 3.07. The number of aliphatic hydroxyl groups excluding tert-OH is 1. The number of carboxylic acids is 1. The van der Waals surface area contributed by atoms with E-state index in [2.05, 4.69) is 0 Å². The van der Waals surface area contributed by atoms with E-state index in [9.17, 15) is 15.0 Å². The van der Waals surface area contributed by atoms with Crippen LogP contribution in [-0.4, -0.2) is 42.5 Å². The number of rotatable bonds is 7. The summed E-state index contributed by atoms with van der Waals surface area (Å²) in [7, 11) is 0. The molecule has 0 saturated carbocycles. The van der Waals surface area contributed by atoms with Crippen molar-refractivity contribution in [2.24, 2.45) is 5.92 Å². The first kappa shape index (κ1) is 17.6. The summed E-state index contributed by atoms with van der Waals surface area (Å²) in [6.07, 6.45) is 2.15. The van der Waals surface area contributed by atoms with Gasteiger partial charge in [0, 0.05) is 25.0 Å². The fraction of sp³-hybridized carbons (Fsp3) is 0.500. The van der Waals surface area contributed by atoms with Crippen LogP contribution in [0, 0.1) is 5.92 Å². The molecule has 2 heterocycles. The highest BCUT2D eigenvalue weighted by Crippen LogP contribution is 2.42. The fourth-order valence-corrected chi connectivity index (χ4v) is 3.26. The molecule has 1 aromatic rings. The van der Waals surface area contributed by atoms with Gasteiger partial charge in [0.15, 0.2) is 11.5 Å². The number of carbonyl (C=O) groups is 1. The second-order valence-corrected chi connectivity index (χ2v) is 5.95. The summed E-state index contributed by atoms with van der Waals surface area (Å²) < 4.78 is 22.0. The van der Waals surface area contributed by atoms with Crippen molar-refractivity contribution in [1.29, 1.82) is 0 Å². The van der Waals surface area contributed by atoms with Gasteiger partial charge in [0.05, 0.1) is 0 Å². The molecule has 0 spiro atoms. The molecule has 0 aliphatic carbocycles. The summed E-state index contributed by atoms with van der Waals surface area (Å²) in [4.78, 5) is 11.5. The Labute approximate surface area is 145 Å². The van der Waals surface area contributed by atoms with Gasteiger partial charge in [0.2, 0.25) is 18.8 Å². The first-order chi connectivity index (χ1) is 12.1. The van der Waals surface area contributed by atoms with E-state index in [0.29, 0.717) is 30.9 Å². The molecule has 3 atom stereocenters. The van der Waals surface area contributed by atoms with Crippen LogP contribution in [0.2, 0.25) is 0 Å². The summed E-state index contributed by atoms with van der Waals surface area (Å²) in [6.45, 7) is 2.47. The smallest absolute Gasteiger partial charge is 0.370 e. The summed E-state index contributed by atoms with van der Waals surface area (Å²) in [6, 6.07) is 5.58. The zero-order chi connectivity index (χ0) is 17.8. The minimum atomic E-state index is -1.13. The molecule has 0 unspecified atom stereocenters. The largest absolute Gasteiger partial charge is 0.475 e. The minimum absolute atomic E-state index is 0.0543. The molecule has 2 aliphatic rings. The average molecular weight is 350 g/mol. The molecular formula is C18H22O7. The molecule has 0 fully saturated rings. The van der Waals surface area contributed by atoms with Gasteiger partial charge in [-0.15, -0.1) is 0 Å². The maximum atomic E-state index is 11.5. The van der Waals surface area contributed by atoms with Gasteiger partial charge in [-0.25, -0.2) is 4.79 Å². The van der Waals surface area contributed by atoms with Gasteiger partial charge < -0.3 is 29.2 Å². The molecule has 0 bridgehead atoms. The van der Waals surface area contributed by atoms with Crippen LogP contribution < -0.4 is 9.47 Å². The number of carboxylic acid groups (broad SMARTS) is 1. The molecule has 25 heavy (non-hydrogen) atoms. The van der Waals surface area contributed by atoms with Gasteiger partial charge in [-0.2, -0.15) is 0 Å². The van der Waals surface area contributed by atoms with Crippen LogP contribution in [0.5, 0.6) is 11.5 Å². The predicted octanol–water partition coefficient (Wildman–Crippen LogP) is 2.25. The van der Waals surface area contributed by atoms with Crippen LogP contribution in [-0.2, 0) is 14.3 Å². The maximum Gasteiger partial charge on any atom is 0.370 e. The van der Waals surface area contributed by atoms with Crippen LogP contribution >= 0.6 is 0 Å². The Bertz CT molecular complexity index is 655. The van der Waals surface area contributed by atoms with Crippen molar-refractivity contribution in [2.75, 3.05) is 20.0 Å². The van der Waals surface area contributed by atoms with E-state index in [-0.39, 0.29) is 31.0 Å². The Morgan fingerprint density at radius 3 is 2.84 bits per heavy atom. The van der Waals surface area contributed by atoms with Gasteiger partial charge in [-0.05, 0) is 43.5 Å². The number of benzene rings is 1. The van der Waals surface area contributed by atoms with Crippen LogP contribution in [0.3, 0.4) is 0 Å². The number of aliphatic carboxylic acids is 1. The Balaban J connectivity index is 1.97. The highest BCUT2D eigenvalue weighted by molar-refractivity contribution is 5.84. The van der Waals surface area contributed by atoms with Gasteiger partial charge in [-0.1, -0.05) is 6.07 Å². The third-order valence-electron chi connectivity index (χ3n) is 4.40. The lowest BCUT2D eigenvalue weighted by Crippen LogP contribution is -2.36. The SMILES string of the molecule is CCO[C@@H]1OC(C(=O)O)=C[C@H](c2ccc3c(c2)OCO3)[C@@H]1CCCO. The van der Waals surface area contributed by atoms with Crippen LogP contribution in [0.4, 0.5) is 0 Å². The molecule has 7 nitrogen and oxygen atoms in total. The fourth-order valence-electron chi connectivity index (χ4n) is 3.26. The van der Waals surface area contributed by atoms with Crippen molar-refractivity contribution in [2.45, 2.75) is 32.0 Å². The van der Waals surface area contributed by atoms with Crippen LogP contribution in [0.25, 0.3) is 0 Å². The van der Waals surface area contributed by atoms with Crippen molar-refractivity contribution >= 4 is 5.97 Å². The predicted molar refractivity (Wildman–Crippen MR) is 87.3 cm³/mol. The first-order valence-electron chi connectivity index (χ1n) is 8.37. The Hall–Kier alpha value is -2.25. The molecule has 7 heteroatoms. The van der Waals surface area contributed by atoms with Gasteiger partial charge in [0.25, 0.3) is 0 Å². The zero-order valence-electron chi connectivity index (χ0n) is 14.0. The summed E-state index contributed by atoms with van der Waals surface area (Å²) in [5.74, 6) is -0.278. The van der Waals surface area contributed by atoms with E-state index in [1.54, 1.807) is 6.08 Å². The highest BCUT2D eigenvalue weighted by atomic mass is 16.7. The lowest BCUT2D eigenvalue weighted by Gasteiger charge is -2.36. The van der Waals surface area contributed by atoms with Crippen molar-refractivity contribution in [3.8, 4) is 11.5 Å². The zero-order valence-corrected chi connectivity index (χ0v) is 14.0. The molecule has 0 saturated heterocycles. The van der Waals surface area contributed by atoms with Gasteiger partial charge >= 0.3 is 5.97 Å². The second-order valence-electron chi connectivity index (χ2n) is 5.95. The third-order valence-corrected chi connectivity index (χ3v) is 4.40. The molecule has 136 valence electrons. The molecule has 3 rings (SSSR count). The number of ether oxygens (including phenoxy) is 4. The second kappa shape index (κ2) is 7.76. The lowest BCUT2D eigenvalue weighted by molar-refractivity contribution is -0.173. The van der Waals surface area contributed by atoms with E-state index in [1.165, 1.54) is 0 Å². The number of fused-ring (bicyclic) bond motifs is 1. The quantitative estimate of drug-likeness (QED) is 0.779. The lowest BCUT2D eigenvalue weighted by atomic mass is 9.80. The standard InChI is InChI=1S/C18H22O7/c1-2-22-18-12(4-3-7-19)13(9-16(25-18)17(20)21)11-5-6-14-15(8-11)24-10-23-14/h5-6,8-9,12-13,18-19H,2-4,7,10H2,1H3,(H,20,21)/t12-,13+,18+/m0/s1. The van der Waals surface area contributed by atoms with Crippen molar-refractivity contribution in [3.63, 3.8) is 0 Å². The Morgan fingerprint density at radius 1 is 1.32 bits per heavy atom. The molecule has 0 aromatic heterocycles. The molecule has 0 amide bonds. The molecule has 1 aromatic carbocycles. The van der Waals surface area contributed by atoms with Gasteiger partial charge in [0.1, 0.15) is 0 Å².